The van der Waals surface area contributed by atoms with Crippen molar-refractivity contribution in [2.75, 3.05) is 18.6 Å². The average Bonchev–Trinajstić information content (AvgIpc) is 2.38. The molecule has 0 spiro atoms. The molecule has 3 atom stereocenters. The lowest BCUT2D eigenvalue weighted by Gasteiger charge is -2.32. The molecule has 1 N–H and O–H groups in total. The molecule has 1 aliphatic heterocycles. The first-order chi connectivity index (χ1) is 8.63. The molecular formula is C13H17FO2S2. The number of halogens is 1. The first-order valence-corrected chi connectivity index (χ1v) is 7.98. The summed E-state index contributed by atoms with van der Waals surface area (Å²) < 4.78 is 18.9. The van der Waals surface area contributed by atoms with Crippen molar-refractivity contribution in [3.63, 3.8) is 0 Å². The fourth-order valence-electron chi connectivity index (χ4n) is 2.05. The number of aliphatic hydroxyl groups excluding tert-OH is 1. The van der Waals surface area contributed by atoms with E-state index in [1.165, 1.54) is 13.2 Å². The normalized spacial score (nSPS) is 25.8. The second-order valence-electron chi connectivity index (χ2n) is 4.24. The molecule has 2 nitrogen and oxygen atoms in total. The quantitative estimate of drug-likeness (QED) is 0.925. The number of benzene rings is 1. The number of hydrogen-bond donors (Lipinski definition) is 1. The fraction of sp³-hybridized carbons (Fsp3) is 0.538. The minimum atomic E-state index is -0.760. The van der Waals surface area contributed by atoms with Gasteiger partial charge in [0, 0.05) is 33.6 Å². The molecule has 2 rings (SSSR count). The van der Waals surface area contributed by atoms with E-state index in [2.05, 4.69) is 6.92 Å². The number of aliphatic hydroxyl groups is 1. The molecule has 18 heavy (non-hydrogen) atoms. The van der Waals surface area contributed by atoms with Crippen LogP contribution in [-0.2, 0) is 0 Å². The van der Waals surface area contributed by atoms with Gasteiger partial charge in [-0.3, -0.25) is 0 Å². The number of hydrogen-bond acceptors (Lipinski definition) is 4. The van der Waals surface area contributed by atoms with Crippen LogP contribution in [0.15, 0.2) is 18.2 Å². The van der Waals surface area contributed by atoms with Gasteiger partial charge in [0.05, 0.1) is 13.2 Å². The van der Waals surface area contributed by atoms with E-state index in [1.54, 1.807) is 23.9 Å². The van der Waals surface area contributed by atoms with Crippen LogP contribution in [0.1, 0.15) is 18.6 Å². The lowest BCUT2D eigenvalue weighted by molar-refractivity contribution is 0.169. The maximum Gasteiger partial charge on any atom is 0.132 e. The van der Waals surface area contributed by atoms with Crippen LogP contribution in [0.25, 0.3) is 0 Å². The van der Waals surface area contributed by atoms with Crippen molar-refractivity contribution in [2.24, 2.45) is 0 Å². The van der Waals surface area contributed by atoms with E-state index in [9.17, 15) is 9.50 Å². The summed E-state index contributed by atoms with van der Waals surface area (Å²) in [6.45, 7) is 2.09. The molecule has 0 aromatic heterocycles. The first-order valence-electron chi connectivity index (χ1n) is 5.88. The highest BCUT2D eigenvalue weighted by Gasteiger charge is 2.31. The van der Waals surface area contributed by atoms with E-state index in [1.807, 2.05) is 11.8 Å². The Hall–Kier alpha value is -0.390. The number of methoxy groups -OCH3 is 1. The molecule has 0 saturated carbocycles. The predicted molar refractivity (Wildman–Crippen MR) is 76.1 cm³/mol. The van der Waals surface area contributed by atoms with Crippen LogP contribution < -0.4 is 4.74 Å². The smallest absolute Gasteiger partial charge is 0.132 e. The van der Waals surface area contributed by atoms with Crippen molar-refractivity contribution in [1.82, 2.24) is 0 Å². The molecule has 1 heterocycles. The fourth-order valence-corrected chi connectivity index (χ4v) is 4.87. The monoisotopic (exact) mass is 288 g/mol. The van der Waals surface area contributed by atoms with Crippen molar-refractivity contribution in [3.05, 3.63) is 29.6 Å². The highest BCUT2D eigenvalue weighted by Crippen LogP contribution is 2.39. The van der Waals surface area contributed by atoms with Gasteiger partial charge in [0.1, 0.15) is 11.6 Å². The Labute approximate surface area is 115 Å². The van der Waals surface area contributed by atoms with Gasteiger partial charge < -0.3 is 9.84 Å². The Kier molecular flexibility index (Phi) is 4.81. The minimum absolute atomic E-state index is 0.0478. The van der Waals surface area contributed by atoms with E-state index in [4.69, 9.17) is 4.74 Å². The largest absolute Gasteiger partial charge is 0.497 e. The Balaban J connectivity index is 2.19. The average molecular weight is 288 g/mol. The maximum absolute atomic E-state index is 13.9. The Morgan fingerprint density at radius 2 is 2.11 bits per heavy atom. The molecule has 1 aromatic rings. The summed E-state index contributed by atoms with van der Waals surface area (Å²) in [6.07, 6.45) is -0.760. The molecule has 1 saturated heterocycles. The van der Waals surface area contributed by atoms with Crippen molar-refractivity contribution in [3.8, 4) is 5.75 Å². The summed E-state index contributed by atoms with van der Waals surface area (Å²) in [5.74, 6) is 2.18. The zero-order valence-corrected chi connectivity index (χ0v) is 12.1. The highest BCUT2D eigenvalue weighted by atomic mass is 32.2. The van der Waals surface area contributed by atoms with Gasteiger partial charge in [0.2, 0.25) is 0 Å². The molecule has 0 aliphatic carbocycles. The molecular weight excluding hydrogens is 271 g/mol. The first kappa shape index (κ1) is 14.0. The summed E-state index contributed by atoms with van der Waals surface area (Å²) >= 11 is 3.56. The summed E-state index contributed by atoms with van der Waals surface area (Å²) in [7, 11) is 1.50. The summed E-state index contributed by atoms with van der Waals surface area (Å²) in [6, 6.07) is 4.63. The van der Waals surface area contributed by atoms with Gasteiger partial charge in [-0.1, -0.05) is 6.92 Å². The molecule has 0 amide bonds. The number of rotatable bonds is 3. The van der Waals surface area contributed by atoms with E-state index in [-0.39, 0.29) is 5.25 Å². The van der Waals surface area contributed by atoms with Crippen LogP contribution in [0.2, 0.25) is 0 Å². The molecule has 100 valence electrons. The molecule has 5 heteroatoms. The van der Waals surface area contributed by atoms with Gasteiger partial charge in [0.15, 0.2) is 0 Å². The molecule has 1 fully saturated rings. The zero-order chi connectivity index (χ0) is 13.1. The molecule has 0 bridgehead atoms. The number of thioether (sulfide) groups is 2. The van der Waals surface area contributed by atoms with Crippen LogP contribution >= 0.6 is 23.5 Å². The zero-order valence-electron chi connectivity index (χ0n) is 10.4. The van der Waals surface area contributed by atoms with Crippen molar-refractivity contribution < 1.29 is 14.2 Å². The van der Waals surface area contributed by atoms with Crippen LogP contribution in [0.4, 0.5) is 4.39 Å². The second-order valence-corrected chi connectivity index (χ2v) is 7.01. The van der Waals surface area contributed by atoms with E-state index < -0.39 is 11.9 Å². The summed E-state index contributed by atoms with van der Waals surface area (Å²) in [4.78, 5) is 0. The van der Waals surface area contributed by atoms with Gasteiger partial charge in [-0.2, -0.15) is 23.5 Å². The van der Waals surface area contributed by atoms with Crippen molar-refractivity contribution in [2.45, 2.75) is 23.5 Å². The third kappa shape index (κ3) is 2.95. The molecule has 1 aliphatic rings. The van der Waals surface area contributed by atoms with Gasteiger partial charge in [0.25, 0.3) is 0 Å². The SMILES string of the molecule is COc1ccc(C(O)C2SCCSC2C)c(F)c1. The van der Waals surface area contributed by atoms with Gasteiger partial charge in [-0.25, -0.2) is 4.39 Å². The van der Waals surface area contributed by atoms with Crippen LogP contribution in [0, 0.1) is 5.82 Å². The van der Waals surface area contributed by atoms with Gasteiger partial charge >= 0.3 is 0 Å². The molecule has 0 radical (unpaired) electrons. The van der Waals surface area contributed by atoms with E-state index in [0.717, 1.165) is 11.5 Å². The maximum atomic E-state index is 13.9. The topological polar surface area (TPSA) is 29.5 Å². The van der Waals surface area contributed by atoms with Gasteiger partial charge in [-0.15, -0.1) is 0 Å². The lowest BCUT2D eigenvalue weighted by atomic mass is 10.0. The Bertz CT molecular complexity index is 414. The minimum Gasteiger partial charge on any atom is -0.497 e. The lowest BCUT2D eigenvalue weighted by Crippen LogP contribution is -2.29. The standard InChI is InChI=1S/C13H17FO2S2/c1-8-13(18-6-5-17-8)12(15)10-4-3-9(16-2)7-11(10)14/h3-4,7-8,12-13,15H,5-6H2,1-2H3. The van der Waals surface area contributed by atoms with E-state index >= 15 is 0 Å². The predicted octanol–water partition coefficient (Wildman–Crippen LogP) is 3.10. The molecule has 1 aromatic carbocycles. The van der Waals surface area contributed by atoms with Crippen LogP contribution in [-0.4, -0.2) is 34.2 Å². The van der Waals surface area contributed by atoms with Crippen LogP contribution in [0.3, 0.4) is 0 Å². The highest BCUT2D eigenvalue weighted by molar-refractivity contribution is 8.07. The number of ether oxygens (including phenoxy) is 1. The van der Waals surface area contributed by atoms with Crippen molar-refractivity contribution in [1.29, 1.82) is 0 Å². The summed E-state index contributed by atoms with van der Waals surface area (Å²) in [5, 5.41) is 10.7. The third-order valence-corrected chi connectivity index (χ3v) is 6.25. The third-order valence-electron chi connectivity index (χ3n) is 3.07. The molecule has 3 unspecified atom stereocenters. The summed E-state index contributed by atoms with van der Waals surface area (Å²) in [5.41, 5.74) is 0.364. The second kappa shape index (κ2) is 6.17. The van der Waals surface area contributed by atoms with Crippen LogP contribution in [0.5, 0.6) is 5.75 Å². The van der Waals surface area contributed by atoms with Gasteiger partial charge in [-0.05, 0) is 12.1 Å². The van der Waals surface area contributed by atoms with E-state index in [0.29, 0.717) is 16.6 Å². The Morgan fingerprint density at radius 1 is 1.39 bits per heavy atom. The van der Waals surface area contributed by atoms with Crippen molar-refractivity contribution >= 4 is 23.5 Å². The Morgan fingerprint density at radius 3 is 2.72 bits per heavy atom.